The predicted molar refractivity (Wildman–Crippen MR) is 109 cm³/mol. The molecule has 27 heavy (non-hydrogen) atoms. The van der Waals surface area contributed by atoms with Crippen LogP contribution in [0, 0.1) is 5.92 Å². The molecule has 1 aromatic heterocycles. The van der Waals surface area contributed by atoms with Gasteiger partial charge in [-0.15, -0.1) is 0 Å². The maximum atomic E-state index is 13.0. The fraction of sp³-hybridized carbons (Fsp3) is 0.476. The number of fused-ring (bicyclic) bond motifs is 1. The van der Waals surface area contributed by atoms with Gasteiger partial charge in [0, 0.05) is 38.1 Å². The van der Waals surface area contributed by atoms with Crippen LogP contribution in [0.3, 0.4) is 0 Å². The monoisotopic (exact) mass is 405 g/mol. The summed E-state index contributed by atoms with van der Waals surface area (Å²) in [6, 6.07) is 9.99. The van der Waals surface area contributed by atoms with Gasteiger partial charge in [0.25, 0.3) is 0 Å². The number of piperidine rings is 1. The molecular weight excluding hydrogens is 381 g/mol. The van der Waals surface area contributed by atoms with Gasteiger partial charge in [-0.25, -0.2) is 0 Å². The summed E-state index contributed by atoms with van der Waals surface area (Å²) in [5.41, 5.74) is 2.27. The van der Waals surface area contributed by atoms with Crippen LogP contribution in [0.4, 0.5) is 0 Å². The minimum atomic E-state index is 0.0104. The Labute approximate surface area is 170 Å². The zero-order valence-corrected chi connectivity index (χ0v) is 17.1. The Kier molecular flexibility index (Phi) is 5.49. The zero-order valence-electron chi connectivity index (χ0n) is 15.6. The van der Waals surface area contributed by atoms with E-state index in [2.05, 4.69) is 34.7 Å². The van der Waals surface area contributed by atoms with Crippen molar-refractivity contribution in [2.24, 2.45) is 5.92 Å². The molecule has 2 aliphatic rings. The largest absolute Gasteiger partial charge is 0.348 e. The molecule has 4 nitrogen and oxygen atoms in total. The van der Waals surface area contributed by atoms with Crippen molar-refractivity contribution in [2.75, 3.05) is 26.2 Å². The van der Waals surface area contributed by atoms with E-state index in [0.717, 1.165) is 50.5 Å². The average molecular weight is 406 g/mol. The zero-order chi connectivity index (χ0) is 19.0. The highest BCUT2D eigenvalue weighted by Crippen LogP contribution is 2.35. The molecule has 1 amide bonds. The number of carbonyl (C=O) groups excluding carboxylic acids is 1. The molecule has 1 saturated heterocycles. The number of carbonyl (C=O) groups is 1. The van der Waals surface area contributed by atoms with Crippen molar-refractivity contribution in [3.05, 3.63) is 57.8 Å². The molecular formula is C21H25Cl2N3O. The van der Waals surface area contributed by atoms with Crippen LogP contribution in [-0.2, 0) is 11.3 Å². The molecule has 0 saturated carbocycles. The first-order chi connectivity index (χ1) is 13.0. The van der Waals surface area contributed by atoms with Crippen molar-refractivity contribution in [1.29, 1.82) is 0 Å². The molecule has 1 fully saturated rings. The average Bonchev–Trinajstić information content (AvgIpc) is 3.13. The lowest BCUT2D eigenvalue weighted by molar-refractivity contribution is -0.134. The van der Waals surface area contributed by atoms with Crippen LogP contribution >= 0.6 is 23.2 Å². The Hall–Kier alpha value is -1.49. The minimum Gasteiger partial charge on any atom is -0.348 e. The molecule has 0 aliphatic carbocycles. The molecule has 1 unspecified atom stereocenters. The molecule has 144 valence electrons. The third kappa shape index (κ3) is 3.89. The Morgan fingerprint density at radius 2 is 1.85 bits per heavy atom. The second-order valence-electron chi connectivity index (χ2n) is 7.74. The van der Waals surface area contributed by atoms with Gasteiger partial charge in [0.15, 0.2) is 0 Å². The van der Waals surface area contributed by atoms with E-state index in [9.17, 15) is 4.79 Å². The van der Waals surface area contributed by atoms with E-state index in [0.29, 0.717) is 16.6 Å². The van der Waals surface area contributed by atoms with Gasteiger partial charge in [0.05, 0.1) is 22.6 Å². The van der Waals surface area contributed by atoms with Crippen LogP contribution in [0.5, 0.6) is 0 Å². The summed E-state index contributed by atoms with van der Waals surface area (Å²) in [5, 5.41) is 1.10. The van der Waals surface area contributed by atoms with Crippen LogP contribution in [-0.4, -0.2) is 46.5 Å². The number of likely N-dealkylation sites (tertiary alicyclic amines) is 1. The van der Waals surface area contributed by atoms with E-state index >= 15 is 0 Å². The first-order valence-corrected chi connectivity index (χ1v) is 10.4. The van der Waals surface area contributed by atoms with Gasteiger partial charge in [-0.1, -0.05) is 36.2 Å². The number of benzene rings is 1. The minimum absolute atomic E-state index is 0.0104. The molecule has 0 spiro atoms. The number of hydrogen-bond acceptors (Lipinski definition) is 2. The predicted octanol–water partition coefficient (Wildman–Crippen LogP) is 4.46. The van der Waals surface area contributed by atoms with E-state index < -0.39 is 0 Å². The summed E-state index contributed by atoms with van der Waals surface area (Å²) in [5.74, 6) is 0.947. The van der Waals surface area contributed by atoms with Gasteiger partial charge < -0.3 is 9.47 Å². The lowest BCUT2D eigenvalue weighted by Gasteiger charge is -2.39. The van der Waals surface area contributed by atoms with Gasteiger partial charge >= 0.3 is 0 Å². The van der Waals surface area contributed by atoms with Crippen molar-refractivity contribution < 1.29 is 4.79 Å². The summed E-state index contributed by atoms with van der Waals surface area (Å²) in [4.78, 5) is 17.3. The Bertz CT molecular complexity index is 827. The first kappa shape index (κ1) is 18.9. The highest BCUT2D eigenvalue weighted by Gasteiger charge is 2.32. The summed E-state index contributed by atoms with van der Waals surface area (Å²) < 4.78 is 2.26. The van der Waals surface area contributed by atoms with Crippen LogP contribution in [0.1, 0.15) is 37.1 Å². The van der Waals surface area contributed by atoms with E-state index in [1.54, 1.807) is 0 Å². The summed E-state index contributed by atoms with van der Waals surface area (Å²) in [7, 11) is 0. The number of hydrogen-bond donors (Lipinski definition) is 0. The third-order valence-electron chi connectivity index (χ3n) is 5.87. The first-order valence-electron chi connectivity index (χ1n) is 9.64. The second-order valence-corrected chi connectivity index (χ2v) is 8.55. The lowest BCUT2D eigenvalue weighted by atomic mass is 9.98. The Morgan fingerprint density at radius 1 is 1.07 bits per heavy atom. The molecule has 1 atom stereocenters. The second kappa shape index (κ2) is 7.86. The number of aromatic nitrogens is 1. The van der Waals surface area contributed by atoms with Crippen molar-refractivity contribution in [3.63, 3.8) is 0 Å². The van der Waals surface area contributed by atoms with Crippen molar-refractivity contribution >= 4 is 29.1 Å². The van der Waals surface area contributed by atoms with Gasteiger partial charge in [-0.05, 0) is 48.6 Å². The van der Waals surface area contributed by atoms with E-state index in [1.165, 1.54) is 5.69 Å². The van der Waals surface area contributed by atoms with Crippen LogP contribution in [0.15, 0.2) is 36.5 Å². The number of amides is 1. The Balaban J connectivity index is 1.59. The number of rotatable bonds is 3. The summed E-state index contributed by atoms with van der Waals surface area (Å²) in [6.07, 6.45) is 4.31. The molecule has 0 N–H and O–H groups in total. The topological polar surface area (TPSA) is 28.5 Å². The van der Waals surface area contributed by atoms with Crippen LogP contribution in [0.2, 0.25) is 10.0 Å². The van der Waals surface area contributed by atoms with Crippen LogP contribution < -0.4 is 0 Å². The highest BCUT2D eigenvalue weighted by molar-refractivity contribution is 6.42. The van der Waals surface area contributed by atoms with Crippen molar-refractivity contribution in [2.45, 2.75) is 32.4 Å². The molecule has 6 heteroatoms. The molecule has 1 aromatic carbocycles. The molecule has 2 aromatic rings. The molecule has 2 aliphatic heterocycles. The normalized spacial score (nSPS) is 21.3. The van der Waals surface area contributed by atoms with Gasteiger partial charge in [0.2, 0.25) is 5.91 Å². The quantitative estimate of drug-likeness (QED) is 0.753. The van der Waals surface area contributed by atoms with Crippen molar-refractivity contribution in [3.8, 4) is 0 Å². The smallest absolute Gasteiger partial charge is 0.236 e. The SMILES string of the molecule is CC1CCN(C(=O)CN2CCn3cccc3C2c2ccc(Cl)c(Cl)c2)CC1. The summed E-state index contributed by atoms with van der Waals surface area (Å²) in [6.45, 7) is 6.18. The molecule has 0 bridgehead atoms. The fourth-order valence-corrected chi connectivity index (χ4v) is 4.50. The standard InChI is InChI=1S/C21H25Cl2N3O/c1-15-6-9-25(10-7-15)20(27)14-26-12-11-24-8-2-3-19(24)21(26)16-4-5-17(22)18(23)13-16/h2-5,8,13,15,21H,6-7,9-12,14H2,1H3. The molecule has 3 heterocycles. The van der Waals surface area contributed by atoms with Gasteiger partial charge in [0.1, 0.15) is 0 Å². The third-order valence-corrected chi connectivity index (χ3v) is 6.61. The fourth-order valence-electron chi connectivity index (χ4n) is 4.20. The maximum absolute atomic E-state index is 13.0. The van der Waals surface area contributed by atoms with Gasteiger partial charge in [-0.3, -0.25) is 9.69 Å². The van der Waals surface area contributed by atoms with Crippen LogP contribution in [0.25, 0.3) is 0 Å². The van der Waals surface area contributed by atoms with Gasteiger partial charge in [-0.2, -0.15) is 0 Å². The highest BCUT2D eigenvalue weighted by atomic mass is 35.5. The van der Waals surface area contributed by atoms with E-state index in [-0.39, 0.29) is 11.9 Å². The molecule has 0 radical (unpaired) electrons. The Morgan fingerprint density at radius 3 is 2.59 bits per heavy atom. The maximum Gasteiger partial charge on any atom is 0.236 e. The lowest BCUT2D eigenvalue weighted by Crippen LogP contribution is -2.47. The summed E-state index contributed by atoms with van der Waals surface area (Å²) >= 11 is 12.4. The molecule has 4 rings (SSSR count). The number of nitrogens with zero attached hydrogens (tertiary/aromatic N) is 3. The van der Waals surface area contributed by atoms with E-state index in [1.807, 2.05) is 23.1 Å². The number of halogens is 2. The van der Waals surface area contributed by atoms with E-state index in [4.69, 9.17) is 23.2 Å². The van der Waals surface area contributed by atoms with Crippen molar-refractivity contribution in [1.82, 2.24) is 14.4 Å².